The lowest BCUT2D eigenvalue weighted by atomic mass is 10.1. The van der Waals surface area contributed by atoms with Crippen molar-refractivity contribution in [3.8, 4) is 0 Å². The molecule has 1 aromatic rings. The Morgan fingerprint density at radius 3 is 1.86 bits per heavy atom. The lowest BCUT2D eigenvalue weighted by molar-refractivity contribution is 0.564. The Morgan fingerprint density at radius 2 is 1.33 bits per heavy atom. The molecule has 0 saturated carbocycles. The molecule has 0 aromatic carbocycles. The van der Waals surface area contributed by atoms with E-state index in [1.807, 2.05) is 0 Å². The Balaban J connectivity index is 2.49. The van der Waals surface area contributed by atoms with Crippen LogP contribution in [0.5, 0.6) is 0 Å². The molecule has 0 bridgehead atoms. The highest BCUT2D eigenvalue weighted by Gasteiger charge is 2.05. The van der Waals surface area contributed by atoms with E-state index in [0.717, 1.165) is 12.8 Å². The van der Waals surface area contributed by atoms with Crippen LogP contribution in [0.1, 0.15) is 57.7 Å². The van der Waals surface area contributed by atoms with Gasteiger partial charge in [-0.15, -0.1) is 9.98 Å². The minimum Gasteiger partial charge on any atom is -0.211 e. The van der Waals surface area contributed by atoms with Crippen LogP contribution in [0.2, 0.25) is 0 Å². The normalized spacial score (nSPS) is 9.76. The van der Waals surface area contributed by atoms with E-state index in [2.05, 4.69) is 31.9 Å². The van der Waals surface area contributed by atoms with Crippen LogP contribution in [0, 0.1) is 0 Å². The van der Waals surface area contributed by atoms with Crippen LogP contribution in [-0.2, 0) is 16.0 Å². The van der Waals surface area contributed by atoms with E-state index in [0.29, 0.717) is 12.2 Å². The topological polar surface area (TPSA) is 97.5 Å². The van der Waals surface area contributed by atoms with Crippen molar-refractivity contribution in [2.24, 2.45) is 9.98 Å². The SMILES string of the molecule is CCCCCCCCCc1nc(N=C=O)nc(N=C=O)n1. The van der Waals surface area contributed by atoms with E-state index in [4.69, 9.17) is 0 Å². The average Bonchev–Trinajstić information content (AvgIpc) is 2.47. The third kappa shape index (κ3) is 7.20. The highest BCUT2D eigenvalue weighted by molar-refractivity contribution is 5.44. The molecule has 1 aromatic heterocycles. The lowest BCUT2D eigenvalue weighted by Crippen LogP contribution is -1.97. The van der Waals surface area contributed by atoms with Crippen molar-refractivity contribution in [3.63, 3.8) is 0 Å². The molecule has 0 aliphatic rings. The lowest BCUT2D eigenvalue weighted by Gasteiger charge is -2.02. The first kappa shape index (κ1) is 16.8. The molecule has 0 saturated heterocycles. The zero-order chi connectivity index (χ0) is 15.3. The molecule has 0 aliphatic carbocycles. The van der Waals surface area contributed by atoms with E-state index in [-0.39, 0.29) is 11.9 Å². The van der Waals surface area contributed by atoms with Crippen LogP contribution in [0.4, 0.5) is 11.9 Å². The fourth-order valence-electron chi connectivity index (χ4n) is 1.93. The van der Waals surface area contributed by atoms with Crippen molar-refractivity contribution in [1.82, 2.24) is 15.0 Å². The van der Waals surface area contributed by atoms with Gasteiger partial charge in [0.2, 0.25) is 12.2 Å². The van der Waals surface area contributed by atoms with E-state index in [1.165, 1.54) is 44.3 Å². The van der Waals surface area contributed by atoms with Crippen molar-refractivity contribution in [3.05, 3.63) is 5.82 Å². The number of carbonyl (C=O) groups excluding carboxylic acids is 2. The number of aromatic nitrogens is 3. The van der Waals surface area contributed by atoms with Gasteiger partial charge in [0.15, 0.2) is 0 Å². The fourth-order valence-corrected chi connectivity index (χ4v) is 1.93. The van der Waals surface area contributed by atoms with Gasteiger partial charge in [0.05, 0.1) is 0 Å². The fraction of sp³-hybridized carbons (Fsp3) is 0.643. The molecule has 7 heteroatoms. The summed E-state index contributed by atoms with van der Waals surface area (Å²) in [6.07, 6.45) is 11.6. The predicted molar refractivity (Wildman–Crippen MR) is 77.1 cm³/mol. The summed E-state index contributed by atoms with van der Waals surface area (Å²) in [6.45, 7) is 2.19. The number of aliphatic imine (C=N–C) groups is 2. The molecule has 0 atom stereocenters. The number of rotatable bonds is 10. The second-order valence-corrected chi connectivity index (χ2v) is 4.63. The van der Waals surface area contributed by atoms with Crippen molar-refractivity contribution in [2.45, 2.75) is 58.3 Å². The molecule has 0 radical (unpaired) electrons. The monoisotopic (exact) mass is 289 g/mol. The molecule has 7 nitrogen and oxygen atoms in total. The largest absolute Gasteiger partial charge is 0.265 e. The third-order valence-corrected chi connectivity index (χ3v) is 2.95. The summed E-state index contributed by atoms with van der Waals surface area (Å²) in [7, 11) is 0. The molecule has 1 rings (SSSR count). The number of isocyanates is 2. The van der Waals surface area contributed by atoms with E-state index in [9.17, 15) is 9.59 Å². The van der Waals surface area contributed by atoms with Crippen molar-refractivity contribution >= 4 is 24.1 Å². The minimum atomic E-state index is -0.0769. The summed E-state index contributed by atoms with van der Waals surface area (Å²) < 4.78 is 0. The van der Waals surface area contributed by atoms with Crippen molar-refractivity contribution in [1.29, 1.82) is 0 Å². The molecule has 1 heterocycles. The first-order chi connectivity index (χ1) is 10.3. The second-order valence-electron chi connectivity index (χ2n) is 4.63. The molecule has 0 spiro atoms. The van der Waals surface area contributed by atoms with Crippen LogP contribution in [0.15, 0.2) is 9.98 Å². The minimum absolute atomic E-state index is 0.0769. The maximum atomic E-state index is 10.2. The Hall–Kier alpha value is -2.23. The van der Waals surface area contributed by atoms with Crippen LogP contribution in [-0.4, -0.2) is 27.1 Å². The number of hydrogen-bond donors (Lipinski definition) is 0. The standard InChI is InChI=1S/C14H19N5O2/c1-2-3-4-5-6-7-8-9-12-17-13(15-10-20)19-14(18-12)16-11-21/h2-9H2,1H3. The van der Waals surface area contributed by atoms with Crippen LogP contribution in [0.25, 0.3) is 0 Å². The quantitative estimate of drug-likeness (QED) is 0.374. The third-order valence-electron chi connectivity index (χ3n) is 2.95. The Kier molecular flexibility index (Phi) is 8.45. The van der Waals surface area contributed by atoms with E-state index in [1.54, 1.807) is 0 Å². The van der Waals surface area contributed by atoms with Crippen molar-refractivity contribution in [2.75, 3.05) is 0 Å². The van der Waals surface area contributed by atoms with Gasteiger partial charge in [0.25, 0.3) is 11.9 Å². The number of aryl methyl sites for hydroxylation is 1. The zero-order valence-electron chi connectivity index (χ0n) is 12.2. The van der Waals surface area contributed by atoms with Crippen LogP contribution >= 0.6 is 0 Å². The molecule has 112 valence electrons. The van der Waals surface area contributed by atoms with E-state index >= 15 is 0 Å². The van der Waals surface area contributed by atoms with Crippen LogP contribution < -0.4 is 0 Å². The zero-order valence-corrected chi connectivity index (χ0v) is 12.2. The van der Waals surface area contributed by atoms with Gasteiger partial charge >= 0.3 is 0 Å². The number of hydrogen-bond acceptors (Lipinski definition) is 7. The van der Waals surface area contributed by atoms with Gasteiger partial charge in [-0.3, -0.25) is 0 Å². The molecule has 0 amide bonds. The van der Waals surface area contributed by atoms with Crippen molar-refractivity contribution < 1.29 is 9.59 Å². The van der Waals surface area contributed by atoms with Gasteiger partial charge in [-0.1, -0.05) is 45.4 Å². The van der Waals surface area contributed by atoms with Gasteiger partial charge < -0.3 is 0 Å². The smallest absolute Gasteiger partial charge is 0.211 e. The summed E-state index contributed by atoms with van der Waals surface area (Å²) in [4.78, 5) is 38.9. The van der Waals surface area contributed by atoms with Gasteiger partial charge in [0.1, 0.15) is 5.82 Å². The summed E-state index contributed by atoms with van der Waals surface area (Å²) in [6, 6.07) is 0. The molecule has 21 heavy (non-hydrogen) atoms. The predicted octanol–water partition coefficient (Wildman–Crippen LogP) is 3.10. The van der Waals surface area contributed by atoms with Gasteiger partial charge in [-0.05, 0) is 6.42 Å². The first-order valence-electron chi connectivity index (χ1n) is 7.20. The summed E-state index contributed by atoms with van der Waals surface area (Å²) in [5.74, 6) is 0.320. The van der Waals surface area contributed by atoms with Gasteiger partial charge in [-0.25, -0.2) is 9.59 Å². The Labute approximate surface area is 123 Å². The number of unbranched alkanes of at least 4 members (excludes halogenated alkanes) is 6. The summed E-state index contributed by atoms with van der Waals surface area (Å²) in [5, 5.41) is 0. The van der Waals surface area contributed by atoms with Crippen LogP contribution in [0.3, 0.4) is 0 Å². The summed E-state index contributed by atoms with van der Waals surface area (Å²) >= 11 is 0. The Bertz CT molecular complexity index is 498. The maximum Gasteiger partial charge on any atom is 0.265 e. The summed E-state index contributed by atoms with van der Waals surface area (Å²) in [5.41, 5.74) is 0. The van der Waals surface area contributed by atoms with E-state index < -0.39 is 0 Å². The van der Waals surface area contributed by atoms with Gasteiger partial charge in [0, 0.05) is 6.42 Å². The Morgan fingerprint density at radius 1 is 0.810 bits per heavy atom. The maximum absolute atomic E-state index is 10.2. The molecular formula is C14H19N5O2. The average molecular weight is 289 g/mol. The number of nitrogens with zero attached hydrogens (tertiary/aromatic N) is 5. The molecule has 0 aliphatic heterocycles. The second kappa shape index (κ2) is 10.5. The van der Waals surface area contributed by atoms with Gasteiger partial charge in [-0.2, -0.15) is 15.0 Å². The molecule has 0 unspecified atom stereocenters. The first-order valence-corrected chi connectivity index (χ1v) is 7.20. The highest BCUT2D eigenvalue weighted by atomic mass is 16.1. The molecule has 0 N–H and O–H groups in total. The molecular weight excluding hydrogens is 270 g/mol. The molecule has 0 fully saturated rings. The highest BCUT2D eigenvalue weighted by Crippen LogP contribution is 2.13.